The van der Waals surface area contributed by atoms with Crippen molar-refractivity contribution in [3.05, 3.63) is 0 Å². The van der Waals surface area contributed by atoms with Crippen LogP contribution in [0, 0.1) is 0 Å². The molecule has 1 aliphatic heterocycles. The molecule has 0 aromatic rings. The molecule has 1 heterocycles. The quantitative estimate of drug-likeness (QED) is 0.726. The molecule has 1 aliphatic rings. The summed E-state index contributed by atoms with van der Waals surface area (Å²) in [6, 6.07) is 0. The lowest BCUT2D eigenvalue weighted by Gasteiger charge is -2.29. The van der Waals surface area contributed by atoms with Gasteiger partial charge in [0.15, 0.2) is 6.29 Å². The van der Waals surface area contributed by atoms with Crippen LogP contribution in [0.3, 0.4) is 0 Å². The van der Waals surface area contributed by atoms with Crippen LogP contribution in [-0.4, -0.2) is 44.8 Å². The molecule has 0 aromatic carbocycles. The van der Waals surface area contributed by atoms with Gasteiger partial charge in [0.05, 0.1) is 25.4 Å². The second-order valence-corrected chi connectivity index (χ2v) is 6.90. The Bertz CT molecular complexity index is 250. The first-order chi connectivity index (χ1) is 7.91. The molecule has 1 fully saturated rings. The number of nitrogens with one attached hydrogen (secondary N) is 1. The highest BCUT2D eigenvalue weighted by molar-refractivity contribution is 7.53. The molecule has 0 bridgehead atoms. The highest BCUT2D eigenvalue weighted by atomic mass is 31.2. The van der Waals surface area contributed by atoms with E-state index in [1.807, 2.05) is 27.7 Å². The molecule has 0 aliphatic carbocycles. The number of morpholine rings is 1. The largest absolute Gasteiger partial charge is 0.384 e. The van der Waals surface area contributed by atoms with Crippen molar-refractivity contribution in [1.29, 1.82) is 0 Å². The van der Waals surface area contributed by atoms with Crippen molar-refractivity contribution in [2.24, 2.45) is 0 Å². The van der Waals surface area contributed by atoms with Crippen LogP contribution in [0.5, 0.6) is 0 Å². The van der Waals surface area contributed by atoms with Crippen molar-refractivity contribution >= 4 is 7.60 Å². The molecule has 0 unspecified atom stereocenters. The molecule has 6 heteroatoms. The number of quaternary nitrogens is 1. The Balaban J connectivity index is 2.58. The van der Waals surface area contributed by atoms with Crippen molar-refractivity contribution in [2.75, 3.05) is 32.6 Å². The molecule has 0 saturated carbocycles. The highest BCUT2D eigenvalue weighted by Gasteiger charge is 2.34. The first kappa shape index (κ1) is 15.1. The topological polar surface area (TPSA) is 49.2 Å². The molecular weight excluding hydrogens is 241 g/mol. The molecular formula is C11H25NO4P+. The minimum Gasteiger partial charge on any atom is -0.370 e. The van der Waals surface area contributed by atoms with Gasteiger partial charge in [-0.05, 0) is 27.7 Å². The van der Waals surface area contributed by atoms with Gasteiger partial charge in [-0.2, -0.15) is 0 Å². The molecule has 0 aromatic heterocycles. The summed E-state index contributed by atoms with van der Waals surface area (Å²) in [6.07, 6.45) is 0.271. The van der Waals surface area contributed by atoms with E-state index in [1.165, 1.54) is 4.90 Å². The van der Waals surface area contributed by atoms with Crippen molar-refractivity contribution in [3.63, 3.8) is 0 Å². The van der Waals surface area contributed by atoms with Crippen LogP contribution >= 0.6 is 7.60 Å². The lowest BCUT2D eigenvalue weighted by Crippen LogP contribution is -3.13. The first-order valence-electron chi connectivity index (χ1n) is 6.28. The van der Waals surface area contributed by atoms with E-state index in [2.05, 4.69) is 0 Å². The highest BCUT2D eigenvalue weighted by Crippen LogP contribution is 2.48. The normalized spacial score (nSPS) is 19.2. The summed E-state index contributed by atoms with van der Waals surface area (Å²) in [5, 5.41) is 0. The van der Waals surface area contributed by atoms with Gasteiger partial charge in [0.25, 0.3) is 0 Å². The SMILES string of the molecule is CC(C)OP(=O)(C[NH+]1CCOCC1)OC(C)C. The van der Waals surface area contributed by atoms with Crippen LogP contribution < -0.4 is 4.90 Å². The van der Waals surface area contributed by atoms with E-state index in [4.69, 9.17) is 13.8 Å². The summed E-state index contributed by atoms with van der Waals surface area (Å²) in [5.74, 6) is 0. The summed E-state index contributed by atoms with van der Waals surface area (Å²) in [6.45, 7) is 10.7. The zero-order valence-corrected chi connectivity index (χ0v) is 12.2. The molecule has 102 valence electrons. The first-order valence-corrected chi connectivity index (χ1v) is 8.01. The average molecular weight is 266 g/mol. The number of hydrogen-bond donors (Lipinski definition) is 1. The van der Waals surface area contributed by atoms with Gasteiger partial charge in [0.2, 0.25) is 0 Å². The van der Waals surface area contributed by atoms with E-state index in [9.17, 15) is 4.57 Å². The fourth-order valence-electron chi connectivity index (χ4n) is 1.83. The molecule has 0 atom stereocenters. The van der Waals surface area contributed by atoms with Gasteiger partial charge in [-0.1, -0.05) is 0 Å². The summed E-state index contributed by atoms with van der Waals surface area (Å²) in [7, 11) is -2.99. The average Bonchev–Trinajstić information content (AvgIpc) is 2.15. The monoisotopic (exact) mass is 266 g/mol. The van der Waals surface area contributed by atoms with Crippen LogP contribution in [0.25, 0.3) is 0 Å². The third kappa shape index (κ3) is 5.98. The predicted octanol–water partition coefficient (Wildman–Crippen LogP) is 0.902. The Kier molecular flexibility index (Phi) is 6.10. The maximum absolute atomic E-state index is 12.6. The number of hydrogen-bond acceptors (Lipinski definition) is 4. The molecule has 1 saturated heterocycles. The molecule has 0 amide bonds. The lowest BCUT2D eigenvalue weighted by molar-refractivity contribution is -0.897. The fraction of sp³-hybridized carbons (Fsp3) is 1.00. The van der Waals surface area contributed by atoms with Crippen LogP contribution in [-0.2, 0) is 18.3 Å². The van der Waals surface area contributed by atoms with E-state index in [0.29, 0.717) is 6.29 Å². The van der Waals surface area contributed by atoms with Crippen molar-refractivity contribution < 1.29 is 23.2 Å². The molecule has 17 heavy (non-hydrogen) atoms. The maximum atomic E-state index is 12.6. The van der Waals surface area contributed by atoms with Gasteiger partial charge in [0, 0.05) is 0 Å². The Labute approximate surface area is 104 Å². The number of rotatable bonds is 6. The van der Waals surface area contributed by atoms with Crippen molar-refractivity contribution in [2.45, 2.75) is 39.9 Å². The van der Waals surface area contributed by atoms with Crippen LogP contribution in [0.1, 0.15) is 27.7 Å². The zero-order chi connectivity index (χ0) is 12.9. The summed E-state index contributed by atoms with van der Waals surface area (Å²) < 4.78 is 28.9. The summed E-state index contributed by atoms with van der Waals surface area (Å²) in [4.78, 5) is 1.24. The Hall–Kier alpha value is 0.0700. The van der Waals surface area contributed by atoms with Gasteiger partial charge < -0.3 is 18.7 Å². The zero-order valence-electron chi connectivity index (χ0n) is 11.3. The number of ether oxygens (including phenoxy) is 1. The second kappa shape index (κ2) is 6.86. The summed E-state index contributed by atoms with van der Waals surface area (Å²) in [5.41, 5.74) is 0. The van der Waals surface area contributed by atoms with Crippen LogP contribution in [0.4, 0.5) is 0 Å². The fourth-order valence-corrected chi connectivity index (χ4v) is 4.18. The van der Waals surface area contributed by atoms with E-state index in [0.717, 1.165) is 26.3 Å². The standard InChI is InChI=1S/C11H24NO4P/c1-10(2)15-17(13,16-11(3)4)9-12-5-7-14-8-6-12/h10-11H,5-9H2,1-4H3/p+1. The smallest absolute Gasteiger partial charge is 0.370 e. The van der Waals surface area contributed by atoms with Gasteiger partial charge in [-0.25, -0.2) is 0 Å². The van der Waals surface area contributed by atoms with Crippen molar-refractivity contribution in [1.82, 2.24) is 0 Å². The Morgan fingerprint density at radius 1 is 1.12 bits per heavy atom. The van der Waals surface area contributed by atoms with Gasteiger partial charge in [-0.3, -0.25) is 4.57 Å². The Morgan fingerprint density at radius 3 is 2.00 bits per heavy atom. The third-order valence-electron chi connectivity index (χ3n) is 2.36. The van der Waals surface area contributed by atoms with Gasteiger partial charge in [0.1, 0.15) is 13.1 Å². The van der Waals surface area contributed by atoms with Gasteiger partial charge in [-0.15, -0.1) is 0 Å². The molecule has 1 N–H and O–H groups in total. The minimum atomic E-state index is -2.99. The van der Waals surface area contributed by atoms with E-state index < -0.39 is 7.60 Å². The third-order valence-corrected chi connectivity index (χ3v) is 4.68. The molecule has 0 radical (unpaired) electrons. The molecule has 5 nitrogen and oxygen atoms in total. The van der Waals surface area contributed by atoms with Crippen LogP contribution in [0.2, 0.25) is 0 Å². The minimum absolute atomic E-state index is 0.0833. The van der Waals surface area contributed by atoms with E-state index >= 15 is 0 Å². The lowest BCUT2D eigenvalue weighted by atomic mass is 10.5. The van der Waals surface area contributed by atoms with Crippen LogP contribution in [0.15, 0.2) is 0 Å². The van der Waals surface area contributed by atoms with E-state index in [-0.39, 0.29) is 12.2 Å². The molecule has 1 rings (SSSR count). The summed E-state index contributed by atoms with van der Waals surface area (Å²) >= 11 is 0. The maximum Gasteiger partial charge on any atom is 0.384 e. The van der Waals surface area contributed by atoms with E-state index in [1.54, 1.807) is 0 Å². The van der Waals surface area contributed by atoms with Crippen molar-refractivity contribution in [3.8, 4) is 0 Å². The predicted molar refractivity (Wildman–Crippen MR) is 66.4 cm³/mol. The second-order valence-electron chi connectivity index (χ2n) is 4.94. The van der Waals surface area contributed by atoms with Gasteiger partial charge >= 0.3 is 7.60 Å². The Morgan fingerprint density at radius 2 is 1.59 bits per heavy atom. The molecule has 0 spiro atoms.